The third-order valence-electron chi connectivity index (χ3n) is 2.81. The summed E-state index contributed by atoms with van der Waals surface area (Å²) in [4.78, 5) is 23.6. The first-order valence-electron chi connectivity index (χ1n) is 6.03. The fraction of sp³-hybridized carbons (Fsp3) is 0.385. The summed E-state index contributed by atoms with van der Waals surface area (Å²) in [6.45, 7) is 1.55. The average molecular weight is 327 g/mol. The highest BCUT2D eigenvalue weighted by atomic mass is 79.9. The molecule has 0 unspecified atom stereocenters. The van der Waals surface area contributed by atoms with E-state index in [4.69, 9.17) is 10.5 Å². The Bertz CT molecular complexity index is 515. The summed E-state index contributed by atoms with van der Waals surface area (Å²) in [6.07, 6.45) is 1.15. The van der Waals surface area contributed by atoms with Crippen LogP contribution in [0.5, 0.6) is 0 Å². The minimum absolute atomic E-state index is 0.240. The van der Waals surface area contributed by atoms with E-state index in [9.17, 15) is 9.59 Å². The zero-order valence-electron chi connectivity index (χ0n) is 10.5. The molecular weight excluding hydrogens is 312 g/mol. The van der Waals surface area contributed by atoms with Crippen LogP contribution in [-0.2, 0) is 9.53 Å². The lowest BCUT2D eigenvalue weighted by molar-refractivity contribution is -0.129. The Morgan fingerprint density at radius 1 is 1.47 bits per heavy atom. The number of rotatable bonds is 4. The maximum atomic E-state index is 11.9. The van der Waals surface area contributed by atoms with Crippen molar-refractivity contribution < 1.29 is 14.3 Å². The molecule has 1 fully saturated rings. The van der Waals surface area contributed by atoms with E-state index in [2.05, 4.69) is 21.2 Å². The number of hydrogen-bond donors (Lipinski definition) is 2. The van der Waals surface area contributed by atoms with Crippen molar-refractivity contribution in [2.45, 2.75) is 31.9 Å². The van der Waals surface area contributed by atoms with Crippen LogP contribution in [0, 0.1) is 0 Å². The highest BCUT2D eigenvalue weighted by molar-refractivity contribution is 9.10. The topological polar surface area (TPSA) is 81.4 Å². The van der Waals surface area contributed by atoms with Crippen LogP contribution in [0.2, 0.25) is 0 Å². The molecule has 1 aliphatic rings. The molecule has 0 aliphatic heterocycles. The molecular formula is C13H15BrN2O3. The third kappa shape index (κ3) is 3.70. The van der Waals surface area contributed by atoms with Crippen LogP contribution in [0.25, 0.3) is 0 Å². The molecule has 1 aliphatic carbocycles. The SMILES string of the molecule is C[C@H](OC(=O)c1cc(Br)ccc1N)C(=O)NC1CC1. The third-order valence-corrected chi connectivity index (χ3v) is 3.31. The summed E-state index contributed by atoms with van der Waals surface area (Å²) in [5.74, 6) is -0.873. The Balaban J connectivity index is 1.99. The molecule has 0 aromatic heterocycles. The molecule has 102 valence electrons. The van der Waals surface area contributed by atoms with Crippen LogP contribution >= 0.6 is 15.9 Å². The van der Waals surface area contributed by atoms with E-state index in [0.29, 0.717) is 5.69 Å². The maximum Gasteiger partial charge on any atom is 0.341 e. The lowest BCUT2D eigenvalue weighted by atomic mass is 10.2. The van der Waals surface area contributed by atoms with Gasteiger partial charge in [-0.25, -0.2) is 4.79 Å². The van der Waals surface area contributed by atoms with Gasteiger partial charge in [0.2, 0.25) is 0 Å². The average Bonchev–Trinajstić information content (AvgIpc) is 3.15. The van der Waals surface area contributed by atoms with E-state index in [0.717, 1.165) is 17.3 Å². The van der Waals surface area contributed by atoms with Crippen molar-refractivity contribution in [2.75, 3.05) is 5.73 Å². The number of ether oxygens (including phenoxy) is 1. The van der Waals surface area contributed by atoms with Gasteiger partial charge in [0, 0.05) is 16.2 Å². The number of amides is 1. The van der Waals surface area contributed by atoms with Crippen LogP contribution in [0.15, 0.2) is 22.7 Å². The van der Waals surface area contributed by atoms with Crippen molar-refractivity contribution in [2.24, 2.45) is 0 Å². The standard InChI is InChI=1S/C13H15BrN2O3/c1-7(12(17)16-9-3-4-9)19-13(18)10-6-8(14)2-5-11(10)15/h2,5-7,9H,3-4,15H2,1H3,(H,16,17)/t7-/m0/s1. The van der Waals surface area contributed by atoms with Crippen molar-refractivity contribution in [1.29, 1.82) is 0 Å². The van der Waals surface area contributed by atoms with Crippen molar-refractivity contribution in [3.8, 4) is 0 Å². The van der Waals surface area contributed by atoms with Gasteiger partial charge in [0.15, 0.2) is 6.10 Å². The van der Waals surface area contributed by atoms with E-state index in [1.165, 1.54) is 0 Å². The van der Waals surface area contributed by atoms with E-state index in [1.807, 2.05) is 0 Å². The predicted octanol–water partition coefficient (Wildman–Crippen LogP) is 1.86. The normalized spacial score (nSPS) is 15.7. The molecule has 1 amide bonds. The van der Waals surface area contributed by atoms with Crippen molar-refractivity contribution in [1.82, 2.24) is 5.32 Å². The molecule has 0 radical (unpaired) electrons. The first-order chi connectivity index (χ1) is 8.97. The molecule has 3 N–H and O–H groups in total. The molecule has 1 atom stereocenters. The van der Waals surface area contributed by atoms with Crippen LogP contribution in [0.3, 0.4) is 0 Å². The van der Waals surface area contributed by atoms with E-state index >= 15 is 0 Å². The second kappa shape index (κ2) is 5.61. The number of nitrogens with one attached hydrogen (secondary N) is 1. The maximum absolute atomic E-state index is 11.9. The number of carbonyl (C=O) groups excluding carboxylic acids is 2. The van der Waals surface area contributed by atoms with Gasteiger partial charge in [-0.1, -0.05) is 15.9 Å². The molecule has 2 rings (SSSR count). The molecule has 6 heteroatoms. The Morgan fingerprint density at radius 3 is 2.79 bits per heavy atom. The summed E-state index contributed by atoms with van der Waals surface area (Å²) in [5, 5.41) is 2.78. The fourth-order valence-electron chi connectivity index (χ4n) is 1.53. The van der Waals surface area contributed by atoms with Gasteiger partial charge >= 0.3 is 5.97 Å². The van der Waals surface area contributed by atoms with Crippen LogP contribution in [-0.4, -0.2) is 24.0 Å². The Morgan fingerprint density at radius 2 is 2.16 bits per heavy atom. The first-order valence-corrected chi connectivity index (χ1v) is 6.83. The summed E-state index contributed by atoms with van der Waals surface area (Å²) in [6, 6.07) is 5.15. The van der Waals surface area contributed by atoms with Gasteiger partial charge in [-0.3, -0.25) is 4.79 Å². The first kappa shape index (κ1) is 13.9. The number of halogens is 1. The molecule has 0 saturated heterocycles. The molecule has 1 aromatic carbocycles. The minimum Gasteiger partial charge on any atom is -0.449 e. The minimum atomic E-state index is -0.827. The Hall–Kier alpha value is -1.56. The molecule has 0 spiro atoms. The van der Waals surface area contributed by atoms with Gasteiger partial charge < -0.3 is 15.8 Å². The van der Waals surface area contributed by atoms with Gasteiger partial charge in [-0.2, -0.15) is 0 Å². The molecule has 0 bridgehead atoms. The number of esters is 1. The lowest BCUT2D eigenvalue weighted by Gasteiger charge is -2.14. The molecule has 19 heavy (non-hydrogen) atoms. The van der Waals surface area contributed by atoms with Gasteiger partial charge in [0.1, 0.15) is 0 Å². The van der Waals surface area contributed by atoms with E-state index in [-0.39, 0.29) is 17.5 Å². The second-order valence-corrected chi connectivity index (χ2v) is 5.48. The summed E-state index contributed by atoms with van der Waals surface area (Å²) < 4.78 is 5.84. The number of benzene rings is 1. The largest absolute Gasteiger partial charge is 0.449 e. The van der Waals surface area contributed by atoms with Gasteiger partial charge in [0.25, 0.3) is 5.91 Å². The van der Waals surface area contributed by atoms with Gasteiger partial charge in [-0.05, 0) is 38.0 Å². The van der Waals surface area contributed by atoms with Crippen molar-refractivity contribution in [3.63, 3.8) is 0 Å². The van der Waals surface area contributed by atoms with Crippen molar-refractivity contribution in [3.05, 3.63) is 28.2 Å². The monoisotopic (exact) mass is 326 g/mol. The summed E-state index contributed by atoms with van der Waals surface area (Å²) >= 11 is 3.26. The smallest absolute Gasteiger partial charge is 0.341 e. The van der Waals surface area contributed by atoms with E-state index in [1.54, 1.807) is 25.1 Å². The fourth-order valence-corrected chi connectivity index (χ4v) is 1.89. The quantitative estimate of drug-likeness (QED) is 0.653. The summed E-state index contributed by atoms with van der Waals surface area (Å²) in [5.41, 5.74) is 6.28. The molecule has 1 aromatic rings. The summed E-state index contributed by atoms with van der Waals surface area (Å²) in [7, 11) is 0. The highest BCUT2D eigenvalue weighted by Gasteiger charge is 2.27. The predicted molar refractivity (Wildman–Crippen MR) is 74.6 cm³/mol. The number of anilines is 1. The Labute approximate surface area is 119 Å². The van der Waals surface area contributed by atoms with Crippen LogP contribution < -0.4 is 11.1 Å². The lowest BCUT2D eigenvalue weighted by Crippen LogP contribution is -2.37. The second-order valence-electron chi connectivity index (χ2n) is 4.56. The number of hydrogen-bond acceptors (Lipinski definition) is 4. The molecule has 1 saturated carbocycles. The van der Waals surface area contributed by atoms with Crippen LogP contribution in [0.1, 0.15) is 30.1 Å². The zero-order valence-corrected chi connectivity index (χ0v) is 12.1. The zero-order chi connectivity index (χ0) is 14.0. The van der Waals surface area contributed by atoms with E-state index < -0.39 is 12.1 Å². The van der Waals surface area contributed by atoms with Crippen molar-refractivity contribution >= 4 is 33.5 Å². The van der Waals surface area contributed by atoms with Crippen LogP contribution in [0.4, 0.5) is 5.69 Å². The molecule has 5 nitrogen and oxygen atoms in total. The van der Waals surface area contributed by atoms with Gasteiger partial charge in [0.05, 0.1) is 5.56 Å². The molecule has 0 heterocycles. The number of nitrogens with two attached hydrogens (primary N) is 1. The highest BCUT2D eigenvalue weighted by Crippen LogP contribution is 2.21. The number of carbonyl (C=O) groups is 2. The van der Waals surface area contributed by atoms with Gasteiger partial charge in [-0.15, -0.1) is 0 Å². The number of nitrogen functional groups attached to an aromatic ring is 1. The Kier molecular flexibility index (Phi) is 4.09.